The number of nitrogens with one attached hydrogen (secondary N) is 2. The van der Waals surface area contributed by atoms with Crippen LogP contribution in [0.5, 0.6) is 5.88 Å². The molecule has 2 heterocycles. The molecule has 1 aliphatic heterocycles. The summed E-state index contributed by atoms with van der Waals surface area (Å²) < 4.78 is 19.4. The van der Waals surface area contributed by atoms with E-state index in [-0.39, 0.29) is 29.7 Å². The molecule has 2 aromatic rings. The van der Waals surface area contributed by atoms with Crippen molar-refractivity contribution in [3.63, 3.8) is 0 Å². The molecule has 1 aliphatic rings. The van der Waals surface area contributed by atoms with Gasteiger partial charge in [0.25, 0.3) is 0 Å². The van der Waals surface area contributed by atoms with E-state index in [0.717, 1.165) is 29.5 Å². The number of fused-ring (bicyclic) bond motifs is 1. The minimum atomic E-state index is -0.839. The van der Waals surface area contributed by atoms with E-state index in [9.17, 15) is 14.3 Å². The van der Waals surface area contributed by atoms with Gasteiger partial charge in [-0.2, -0.15) is 0 Å². The first-order chi connectivity index (χ1) is 15.8. The van der Waals surface area contributed by atoms with Gasteiger partial charge in [0.05, 0.1) is 12.1 Å². The number of aromatic nitrogens is 1. The number of hydrogen-bond acceptors (Lipinski definition) is 5. The van der Waals surface area contributed by atoms with Gasteiger partial charge in [-0.15, -0.1) is 0 Å². The number of carbonyl (C=O) groups excluding carboxylic acids is 1. The van der Waals surface area contributed by atoms with E-state index in [1.54, 1.807) is 12.1 Å². The second-order valence-electron chi connectivity index (χ2n) is 11.2. The molecule has 1 amide bonds. The van der Waals surface area contributed by atoms with Crippen molar-refractivity contribution in [2.75, 3.05) is 6.54 Å². The Hall–Kier alpha value is -2.51. The average molecular weight is 472 g/mol. The molecule has 0 aliphatic carbocycles. The summed E-state index contributed by atoms with van der Waals surface area (Å²) in [6.07, 6.45) is 3.06. The van der Waals surface area contributed by atoms with Gasteiger partial charge in [0, 0.05) is 37.7 Å². The minimum absolute atomic E-state index is 0.0513. The van der Waals surface area contributed by atoms with Crippen molar-refractivity contribution in [3.8, 4) is 5.88 Å². The maximum atomic E-state index is 13.3. The number of nitrogens with zero attached hydrogens (tertiary/aromatic N) is 1. The van der Waals surface area contributed by atoms with Crippen LogP contribution in [0, 0.1) is 11.2 Å². The van der Waals surface area contributed by atoms with Gasteiger partial charge in [0.15, 0.2) is 0 Å². The summed E-state index contributed by atoms with van der Waals surface area (Å²) in [4.78, 5) is 16.4. The molecule has 0 radical (unpaired) electrons. The van der Waals surface area contributed by atoms with Crippen molar-refractivity contribution < 1.29 is 19.0 Å². The van der Waals surface area contributed by atoms with Gasteiger partial charge < -0.3 is 20.5 Å². The number of halogens is 1. The molecule has 186 valence electrons. The van der Waals surface area contributed by atoms with Gasteiger partial charge in [0.1, 0.15) is 11.4 Å². The number of ether oxygens (including phenoxy) is 1. The number of rotatable bonds is 8. The van der Waals surface area contributed by atoms with Crippen molar-refractivity contribution >= 4 is 5.91 Å². The Balaban J connectivity index is 1.75. The minimum Gasteiger partial charge on any atom is -0.471 e. The number of carbonyl (C=O) groups is 1. The fraction of sp³-hybridized carbons (Fsp3) is 0.556. The highest BCUT2D eigenvalue weighted by Gasteiger charge is 2.35. The lowest BCUT2D eigenvalue weighted by atomic mass is 9.86. The molecule has 0 fully saturated rings. The van der Waals surface area contributed by atoms with Crippen LogP contribution < -0.4 is 15.4 Å². The standard InChI is InChI=1S/C27H38FN3O3/c1-17(32)31-22(12-18-7-9-20(28)10-8-18)24(33)16-29-23-14-27(5,6)34-25-21(23)11-19(15-30-25)13-26(2,3)4/h7-11,15,22-24,29,33H,12-14,16H2,1-6H3,(H,31,32)/t22-,23-,24-/m0/s1. The second kappa shape index (κ2) is 10.4. The fourth-order valence-electron chi connectivity index (χ4n) is 4.47. The van der Waals surface area contributed by atoms with Crippen LogP contribution in [0.4, 0.5) is 4.39 Å². The van der Waals surface area contributed by atoms with Crippen molar-refractivity contribution in [3.05, 3.63) is 59.0 Å². The second-order valence-corrected chi connectivity index (χ2v) is 11.2. The molecule has 6 nitrogen and oxygen atoms in total. The zero-order valence-corrected chi connectivity index (χ0v) is 21.1. The van der Waals surface area contributed by atoms with E-state index in [1.165, 1.54) is 19.1 Å². The summed E-state index contributed by atoms with van der Waals surface area (Å²) in [5, 5.41) is 17.3. The van der Waals surface area contributed by atoms with E-state index in [4.69, 9.17) is 4.74 Å². The van der Waals surface area contributed by atoms with Crippen LogP contribution in [0.1, 0.15) is 70.7 Å². The lowest BCUT2D eigenvalue weighted by Crippen LogP contribution is -2.49. The van der Waals surface area contributed by atoms with Crippen molar-refractivity contribution in [2.24, 2.45) is 5.41 Å². The summed E-state index contributed by atoms with van der Waals surface area (Å²) in [6.45, 7) is 12.3. The predicted octanol–water partition coefficient (Wildman–Crippen LogP) is 4.11. The summed E-state index contributed by atoms with van der Waals surface area (Å²) >= 11 is 0. The zero-order chi connectivity index (χ0) is 25.1. The first-order valence-corrected chi connectivity index (χ1v) is 11.9. The first-order valence-electron chi connectivity index (χ1n) is 11.9. The Labute approximate surface area is 202 Å². The third-order valence-electron chi connectivity index (χ3n) is 5.91. The van der Waals surface area contributed by atoms with E-state index in [1.807, 2.05) is 20.0 Å². The van der Waals surface area contributed by atoms with Crippen LogP contribution in [0.3, 0.4) is 0 Å². The average Bonchev–Trinajstić information content (AvgIpc) is 2.71. The number of pyridine rings is 1. The molecule has 1 aromatic heterocycles. The summed E-state index contributed by atoms with van der Waals surface area (Å²) in [5.74, 6) is 0.0765. The number of benzene rings is 1. The topological polar surface area (TPSA) is 83.5 Å². The molecule has 0 spiro atoms. The number of aliphatic hydroxyl groups excluding tert-OH is 1. The van der Waals surface area contributed by atoms with E-state index in [0.29, 0.717) is 12.3 Å². The molecular formula is C27H38FN3O3. The maximum Gasteiger partial charge on any atom is 0.218 e. The lowest BCUT2D eigenvalue weighted by molar-refractivity contribution is -0.120. The molecule has 3 atom stereocenters. The summed E-state index contributed by atoms with van der Waals surface area (Å²) in [5.41, 5.74) is 2.71. The highest BCUT2D eigenvalue weighted by Crippen LogP contribution is 2.39. The molecule has 3 rings (SSSR count). The molecule has 3 N–H and O–H groups in total. The molecule has 1 aromatic carbocycles. The van der Waals surface area contributed by atoms with Gasteiger partial charge in [-0.05, 0) is 61.4 Å². The van der Waals surface area contributed by atoms with Crippen molar-refractivity contribution in [1.29, 1.82) is 0 Å². The Morgan fingerprint density at radius 2 is 1.94 bits per heavy atom. The highest BCUT2D eigenvalue weighted by molar-refractivity contribution is 5.73. The van der Waals surface area contributed by atoms with E-state index in [2.05, 4.69) is 42.5 Å². The van der Waals surface area contributed by atoms with Crippen LogP contribution in [0.25, 0.3) is 0 Å². The first kappa shape index (κ1) is 26.1. The van der Waals surface area contributed by atoms with Crippen LogP contribution in [-0.4, -0.2) is 40.3 Å². The zero-order valence-electron chi connectivity index (χ0n) is 21.1. The normalized spacial score (nSPS) is 19.0. The maximum absolute atomic E-state index is 13.3. The number of aliphatic hydroxyl groups is 1. The largest absolute Gasteiger partial charge is 0.471 e. The molecule has 0 unspecified atom stereocenters. The molecular weight excluding hydrogens is 433 g/mol. The SMILES string of the molecule is CC(=O)N[C@@H](Cc1ccc(F)cc1)[C@@H](O)CN[C@H]1CC(C)(C)Oc2ncc(CC(C)(C)C)cc21. The van der Waals surface area contributed by atoms with Crippen LogP contribution in [0.15, 0.2) is 36.5 Å². The van der Waals surface area contributed by atoms with Gasteiger partial charge in [-0.3, -0.25) is 4.79 Å². The molecule has 0 bridgehead atoms. The molecule has 0 saturated heterocycles. The quantitative estimate of drug-likeness (QED) is 0.540. The summed E-state index contributed by atoms with van der Waals surface area (Å²) in [7, 11) is 0. The van der Waals surface area contributed by atoms with Crippen molar-refractivity contribution in [2.45, 2.75) is 84.6 Å². The number of amides is 1. The monoisotopic (exact) mass is 471 g/mol. The van der Waals surface area contributed by atoms with Gasteiger partial charge in [-0.1, -0.05) is 32.9 Å². The van der Waals surface area contributed by atoms with Gasteiger partial charge in [-0.25, -0.2) is 9.37 Å². The third-order valence-corrected chi connectivity index (χ3v) is 5.91. The molecule has 34 heavy (non-hydrogen) atoms. The van der Waals surface area contributed by atoms with Crippen LogP contribution in [0.2, 0.25) is 0 Å². The van der Waals surface area contributed by atoms with Gasteiger partial charge >= 0.3 is 0 Å². The molecule has 7 heteroatoms. The van der Waals surface area contributed by atoms with Gasteiger partial charge in [0.2, 0.25) is 11.8 Å². The Morgan fingerprint density at radius 3 is 2.56 bits per heavy atom. The van der Waals surface area contributed by atoms with E-state index < -0.39 is 17.7 Å². The summed E-state index contributed by atoms with van der Waals surface area (Å²) in [6, 6.07) is 7.70. The van der Waals surface area contributed by atoms with Crippen molar-refractivity contribution in [1.82, 2.24) is 15.6 Å². The van der Waals surface area contributed by atoms with Crippen LogP contribution in [-0.2, 0) is 17.6 Å². The predicted molar refractivity (Wildman–Crippen MR) is 131 cm³/mol. The Bertz CT molecular complexity index is 986. The third kappa shape index (κ3) is 7.50. The smallest absolute Gasteiger partial charge is 0.218 e. The van der Waals surface area contributed by atoms with E-state index >= 15 is 0 Å². The number of hydrogen-bond donors (Lipinski definition) is 3. The Morgan fingerprint density at radius 1 is 1.26 bits per heavy atom. The highest BCUT2D eigenvalue weighted by atomic mass is 19.1. The lowest BCUT2D eigenvalue weighted by Gasteiger charge is -2.38. The van der Waals surface area contributed by atoms with Crippen LogP contribution >= 0.6 is 0 Å². The molecule has 0 saturated carbocycles. The fourth-order valence-corrected chi connectivity index (χ4v) is 4.47. The Kier molecular flexibility index (Phi) is 7.98.